The van der Waals surface area contributed by atoms with Gasteiger partial charge in [-0.3, -0.25) is 4.79 Å². The molecule has 0 aliphatic heterocycles. The van der Waals surface area contributed by atoms with Gasteiger partial charge in [-0.05, 0) is 25.1 Å². The van der Waals surface area contributed by atoms with E-state index in [-0.39, 0.29) is 24.6 Å². The van der Waals surface area contributed by atoms with Crippen LogP contribution in [0.25, 0.3) is 10.9 Å². The van der Waals surface area contributed by atoms with Crippen molar-refractivity contribution in [1.82, 2.24) is 4.57 Å². The molecular formula is C18H23Cl2NO4Si. The Hall–Kier alpha value is -1.34. The Morgan fingerprint density at radius 2 is 1.96 bits per heavy atom. The number of rotatable bonds is 8. The molecule has 8 heteroatoms. The van der Waals surface area contributed by atoms with E-state index < -0.39 is 14.0 Å². The van der Waals surface area contributed by atoms with Crippen LogP contribution in [-0.4, -0.2) is 38.1 Å². The predicted molar refractivity (Wildman–Crippen MR) is 107 cm³/mol. The summed E-state index contributed by atoms with van der Waals surface area (Å²) in [6.07, 6.45) is 0.618. The first-order valence-corrected chi connectivity index (χ1v) is 12.9. The second-order valence-electron chi connectivity index (χ2n) is 7.16. The highest BCUT2D eigenvalue weighted by Gasteiger charge is 2.26. The minimum absolute atomic E-state index is 0.111. The maximum absolute atomic E-state index is 12.5. The van der Waals surface area contributed by atoms with E-state index in [1.807, 2.05) is 0 Å². The van der Waals surface area contributed by atoms with Crippen molar-refractivity contribution in [3.8, 4) is 0 Å². The van der Waals surface area contributed by atoms with Crippen LogP contribution in [0.2, 0.25) is 35.7 Å². The Balaban J connectivity index is 2.52. The summed E-state index contributed by atoms with van der Waals surface area (Å²) in [4.78, 5) is 24.2. The van der Waals surface area contributed by atoms with E-state index in [2.05, 4.69) is 19.6 Å². The highest BCUT2D eigenvalue weighted by molar-refractivity contribution is 6.76. The van der Waals surface area contributed by atoms with E-state index in [0.29, 0.717) is 33.8 Å². The lowest BCUT2D eigenvalue weighted by atomic mass is 10.1. The molecule has 0 bridgehead atoms. The number of nitrogens with zero attached hydrogens (tertiary/aromatic N) is 1. The normalized spacial score (nSPS) is 11.8. The molecule has 0 unspecified atom stereocenters. The number of aromatic nitrogens is 1. The Labute approximate surface area is 164 Å². The fraction of sp³-hybridized carbons (Fsp3) is 0.444. The zero-order valence-electron chi connectivity index (χ0n) is 15.4. The summed E-state index contributed by atoms with van der Waals surface area (Å²) in [5.74, 6) is -0.591. The summed E-state index contributed by atoms with van der Waals surface area (Å²) in [6.45, 7) is 9.37. The van der Waals surface area contributed by atoms with Crippen LogP contribution in [0.4, 0.5) is 0 Å². The summed E-state index contributed by atoms with van der Waals surface area (Å²) in [5.41, 5.74) is 0.892. The third kappa shape index (κ3) is 4.68. The van der Waals surface area contributed by atoms with Crippen molar-refractivity contribution in [2.75, 3.05) is 13.2 Å². The third-order valence-electron chi connectivity index (χ3n) is 3.92. The van der Waals surface area contributed by atoms with Gasteiger partial charge in [0.25, 0.3) is 0 Å². The molecule has 0 radical (unpaired) electrons. The average molecular weight is 416 g/mol. The van der Waals surface area contributed by atoms with Crippen molar-refractivity contribution in [3.05, 3.63) is 33.4 Å². The molecule has 0 aliphatic rings. The van der Waals surface area contributed by atoms with Gasteiger partial charge in [0.2, 0.25) is 0 Å². The minimum Gasteiger partial charge on any atom is -0.461 e. The first kappa shape index (κ1) is 21.0. The fourth-order valence-corrected chi connectivity index (χ4v) is 3.97. The summed E-state index contributed by atoms with van der Waals surface area (Å²) in [6, 6.07) is 4.20. The number of esters is 1. The quantitative estimate of drug-likeness (QED) is 0.255. The molecule has 0 saturated carbocycles. The molecule has 0 atom stereocenters. The Kier molecular flexibility index (Phi) is 6.90. The number of hydrogen-bond donors (Lipinski definition) is 0. The van der Waals surface area contributed by atoms with Crippen molar-refractivity contribution in [1.29, 1.82) is 0 Å². The summed E-state index contributed by atoms with van der Waals surface area (Å²) in [5, 5.41) is 1.19. The lowest BCUT2D eigenvalue weighted by Gasteiger charge is -2.16. The van der Waals surface area contributed by atoms with E-state index >= 15 is 0 Å². The number of aldehydes is 1. The SMILES string of the molecule is CCOC(=O)c1c(C=O)c2c(Cl)cc(Cl)cc2n1COCC[Si](C)(C)C. The van der Waals surface area contributed by atoms with Crippen molar-refractivity contribution < 1.29 is 19.1 Å². The van der Waals surface area contributed by atoms with Crippen LogP contribution >= 0.6 is 23.2 Å². The van der Waals surface area contributed by atoms with E-state index in [9.17, 15) is 9.59 Å². The monoisotopic (exact) mass is 415 g/mol. The molecule has 26 heavy (non-hydrogen) atoms. The van der Waals surface area contributed by atoms with Gasteiger partial charge in [0.15, 0.2) is 6.29 Å². The van der Waals surface area contributed by atoms with Crippen molar-refractivity contribution >= 4 is 54.4 Å². The van der Waals surface area contributed by atoms with Crippen LogP contribution in [0.5, 0.6) is 0 Å². The highest BCUT2D eigenvalue weighted by atomic mass is 35.5. The Morgan fingerprint density at radius 1 is 1.27 bits per heavy atom. The van der Waals surface area contributed by atoms with Crippen LogP contribution < -0.4 is 0 Å². The number of halogens is 2. The summed E-state index contributed by atoms with van der Waals surface area (Å²) < 4.78 is 12.5. The zero-order chi connectivity index (χ0) is 19.5. The molecular weight excluding hydrogens is 393 g/mol. The predicted octanol–water partition coefficient (Wildman–Crippen LogP) is 5.25. The number of carbonyl (C=O) groups is 2. The van der Waals surface area contributed by atoms with Gasteiger partial charge in [-0.15, -0.1) is 0 Å². The standard InChI is InChI=1S/C18H23Cl2NO4Si/c1-5-25-18(23)17-13(10-22)16-14(20)8-12(19)9-15(16)21(17)11-24-6-7-26(2,3)4/h8-10H,5-7,11H2,1-4H3. The van der Waals surface area contributed by atoms with Crippen molar-refractivity contribution in [2.45, 2.75) is 39.3 Å². The number of fused-ring (bicyclic) bond motifs is 1. The largest absolute Gasteiger partial charge is 0.461 e. The van der Waals surface area contributed by atoms with E-state index in [1.54, 1.807) is 23.6 Å². The van der Waals surface area contributed by atoms with Gasteiger partial charge in [0, 0.05) is 25.1 Å². The molecule has 1 aromatic carbocycles. The fourth-order valence-electron chi connectivity index (χ4n) is 2.63. The first-order valence-electron chi connectivity index (χ1n) is 8.41. The summed E-state index contributed by atoms with van der Waals surface area (Å²) in [7, 11) is -1.24. The Bertz CT molecular complexity index is 827. The number of ether oxygens (including phenoxy) is 2. The lowest BCUT2D eigenvalue weighted by molar-refractivity contribution is 0.0475. The van der Waals surface area contributed by atoms with Gasteiger partial charge < -0.3 is 14.0 Å². The minimum atomic E-state index is -1.24. The first-order chi connectivity index (χ1) is 12.2. The van der Waals surface area contributed by atoms with Crippen LogP contribution in [0.3, 0.4) is 0 Å². The van der Waals surface area contributed by atoms with Crippen LogP contribution in [0.1, 0.15) is 27.8 Å². The molecule has 142 valence electrons. The molecule has 1 aromatic heterocycles. The van der Waals surface area contributed by atoms with Crippen LogP contribution in [-0.2, 0) is 16.2 Å². The van der Waals surface area contributed by atoms with Gasteiger partial charge in [-0.25, -0.2) is 4.79 Å². The van der Waals surface area contributed by atoms with Gasteiger partial charge in [0.05, 0.1) is 22.7 Å². The van der Waals surface area contributed by atoms with Gasteiger partial charge in [-0.2, -0.15) is 0 Å². The molecule has 5 nitrogen and oxygen atoms in total. The number of carbonyl (C=O) groups excluding carboxylic acids is 2. The van der Waals surface area contributed by atoms with Gasteiger partial charge in [0.1, 0.15) is 12.4 Å². The molecule has 0 spiro atoms. The second-order valence-corrected chi connectivity index (χ2v) is 13.6. The number of hydrogen-bond acceptors (Lipinski definition) is 4. The molecule has 2 rings (SSSR count). The molecule has 0 N–H and O–H groups in total. The third-order valence-corrected chi connectivity index (χ3v) is 6.14. The molecule has 1 heterocycles. The van der Waals surface area contributed by atoms with Crippen molar-refractivity contribution in [2.24, 2.45) is 0 Å². The zero-order valence-corrected chi connectivity index (χ0v) is 17.9. The van der Waals surface area contributed by atoms with E-state index in [0.717, 1.165) is 6.04 Å². The highest BCUT2D eigenvalue weighted by Crippen LogP contribution is 2.34. The van der Waals surface area contributed by atoms with E-state index in [1.165, 1.54) is 0 Å². The van der Waals surface area contributed by atoms with Crippen molar-refractivity contribution in [3.63, 3.8) is 0 Å². The number of benzene rings is 1. The van der Waals surface area contributed by atoms with Crippen LogP contribution in [0, 0.1) is 0 Å². The average Bonchev–Trinajstić information content (AvgIpc) is 2.84. The maximum Gasteiger partial charge on any atom is 0.355 e. The molecule has 2 aromatic rings. The Morgan fingerprint density at radius 3 is 2.54 bits per heavy atom. The topological polar surface area (TPSA) is 57.5 Å². The molecule has 0 aliphatic carbocycles. The van der Waals surface area contributed by atoms with E-state index in [4.69, 9.17) is 32.7 Å². The molecule has 0 amide bonds. The summed E-state index contributed by atoms with van der Waals surface area (Å²) >= 11 is 12.4. The second kappa shape index (κ2) is 8.56. The smallest absolute Gasteiger partial charge is 0.355 e. The lowest BCUT2D eigenvalue weighted by Crippen LogP contribution is -2.22. The maximum atomic E-state index is 12.5. The molecule has 0 fully saturated rings. The van der Waals surface area contributed by atoms with Gasteiger partial charge >= 0.3 is 5.97 Å². The van der Waals surface area contributed by atoms with Gasteiger partial charge in [-0.1, -0.05) is 42.8 Å². The molecule has 0 saturated heterocycles. The van der Waals surface area contributed by atoms with Crippen LogP contribution in [0.15, 0.2) is 12.1 Å².